The Balaban J connectivity index is 1.18. The second-order valence-corrected chi connectivity index (χ2v) is 13.5. The van der Waals surface area contributed by atoms with E-state index in [-0.39, 0.29) is 0 Å². The van der Waals surface area contributed by atoms with Crippen molar-refractivity contribution >= 4 is 43.4 Å². The molecular weight excluding hydrogens is 641 g/mol. The minimum absolute atomic E-state index is 0.636. The maximum atomic E-state index is 10.2. The third-order valence-electron chi connectivity index (χ3n) is 10.6. The summed E-state index contributed by atoms with van der Waals surface area (Å²) in [7, 11) is 0. The highest BCUT2D eigenvalue weighted by Crippen LogP contribution is 2.47. The predicted molar refractivity (Wildman–Crippen MR) is 222 cm³/mol. The Kier molecular flexibility index (Phi) is 7.23. The third-order valence-corrected chi connectivity index (χ3v) is 10.6. The van der Waals surface area contributed by atoms with Gasteiger partial charge in [-0.25, -0.2) is 0 Å². The lowest BCUT2D eigenvalue weighted by Gasteiger charge is -2.21. The van der Waals surface area contributed by atoms with E-state index in [0.717, 1.165) is 49.8 Å². The van der Waals surface area contributed by atoms with Crippen molar-refractivity contribution in [3.05, 3.63) is 200 Å². The molecule has 0 fully saturated rings. The fourth-order valence-corrected chi connectivity index (χ4v) is 8.35. The van der Waals surface area contributed by atoms with E-state index in [1.165, 1.54) is 43.7 Å². The molecule has 246 valence electrons. The predicted octanol–water partition coefficient (Wildman–Crippen LogP) is 13.6. The standard InChI is InChI=1S/C51H32N2/c52-33-34-26-31-40(47(32-34)51-45-22-8-6-20-43(45)50(36-14-2-1-3-15-36)44-21-7-9-23-46(44)51)39-17-5-4-16-38(39)35-27-29-37(30-28-35)53-48-24-12-10-18-41(48)42-19-11-13-25-49(42)53/h1-32H. The molecule has 0 unspecified atom stereocenters. The summed E-state index contributed by atoms with van der Waals surface area (Å²) >= 11 is 0. The topological polar surface area (TPSA) is 28.7 Å². The molecule has 0 saturated heterocycles. The third kappa shape index (κ3) is 4.94. The second kappa shape index (κ2) is 12.5. The van der Waals surface area contributed by atoms with Gasteiger partial charge in [0.2, 0.25) is 0 Å². The van der Waals surface area contributed by atoms with Crippen LogP contribution in [0.1, 0.15) is 5.56 Å². The summed E-state index contributed by atoms with van der Waals surface area (Å²) in [5.74, 6) is 0. The van der Waals surface area contributed by atoms with Gasteiger partial charge in [-0.05, 0) is 102 Å². The van der Waals surface area contributed by atoms with E-state index in [9.17, 15) is 5.26 Å². The fraction of sp³-hybridized carbons (Fsp3) is 0. The summed E-state index contributed by atoms with van der Waals surface area (Å²) in [6.45, 7) is 0. The van der Waals surface area contributed by atoms with Gasteiger partial charge < -0.3 is 4.57 Å². The molecule has 0 atom stereocenters. The van der Waals surface area contributed by atoms with E-state index in [0.29, 0.717) is 5.56 Å². The highest BCUT2D eigenvalue weighted by atomic mass is 15.0. The first kappa shape index (κ1) is 30.6. The van der Waals surface area contributed by atoms with Crippen LogP contribution in [0.4, 0.5) is 0 Å². The summed E-state index contributed by atoms with van der Waals surface area (Å²) in [6, 6.07) is 71.5. The van der Waals surface area contributed by atoms with Crippen LogP contribution in [0.25, 0.3) is 93.5 Å². The Morgan fingerprint density at radius 3 is 1.40 bits per heavy atom. The number of hydrogen-bond acceptors (Lipinski definition) is 1. The highest BCUT2D eigenvalue weighted by molar-refractivity contribution is 6.22. The molecule has 0 spiro atoms. The molecule has 0 bridgehead atoms. The Bertz CT molecular complexity index is 2940. The lowest BCUT2D eigenvalue weighted by atomic mass is 9.82. The number of para-hydroxylation sites is 2. The molecule has 0 aliphatic rings. The van der Waals surface area contributed by atoms with Gasteiger partial charge in [0.05, 0.1) is 22.7 Å². The zero-order valence-electron chi connectivity index (χ0n) is 28.9. The molecule has 2 nitrogen and oxygen atoms in total. The first-order valence-electron chi connectivity index (χ1n) is 18.0. The van der Waals surface area contributed by atoms with Crippen LogP contribution < -0.4 is 0 Å². The molecule has 0 aliphatic heterocycles. The molecular formula is C51H32N2. The molecule has 10 rings (SSSR count). The molecule has 0 N–H and O–H groups in total. The Labute approximate surface area is 308 Å². The average Bonchev–Trinajstić information content (AvgIpc) is 3.57. The van der Waals surface area contributed by atoms with Crippen LogP contribution in [-0.4, -0.2) is 4.57 Å². The van der Waals surface area contributed by atoms with Crippen molar-refractivity contribution in [1.29, 1.82) is 5.26 Å². The zero-order valence-corrected chi connectivity index (χ0v) is 28.9. The molecule has 1 aromatic heterocycles. The second-order valence-electron chi connectivity index (χ2n) is 13.5. The first-order valence-corrected chi connectivity index (χ1v) is 18.0. The van der Waals surface area contributed by atoms with E-state index in [4.69, 9.17) is 0 Å². The van der Waals surface area contributed by atoms with E-state index in [1.54, 1.807) is 0 Å². The van der Waals surface area contributed by atoms with Crippen molar-refractivity contribution in [2.24, 2.45) is 0 Å². The Morgan fingerprint density at radius 2 is 0.811 bits per heavy atom. The van der Waals surface area contributed by atoms with Gasteiger partial charge in [-0.2, -0.15) is 5.26 Å². The molecule has 1 heterocycles. The SMILES string of the molecule is N#Cc1ccc(-c2ccccc2-c2ccc(-n3c4ccccc4c4ccccc43)cc2)c(-c2c3ccccc3c(-c3ccccc3)c3ccccc23)c1. The van der Waals surface area contributed by atoms with Crippen LogP contribution >= 0.6 is 0 Å². The molecule has 2 heteroatoms. The zero-order chi connectivity index (χ0) is 35.3. The molecule has 53 heavy (non-hydrogen) atoms. The number of aromatic nitrogens is 1. The summed E-state index contributed by atoms with van der Waals surface area (Å²) in [5.41, 5.74) is 13.2. The minimum atomic E-state index is 0.636. The van der Waals surface area contributed by atoms with Crippen LogP contribution in [0.15, 0.2) is 194 Å². The number of fused-ring (bicyclic) bond motifs is 5. The van der Waals surface area contributed by atoms with Crippen LogP contribution in [0, 0.1) is 11.3 Å². The van der Waals surface area contributed by atoms with E-state index >= 15 is 0 Å². The normalized spacial score (nSPS) is 11.4. The van der Waals surface area contributed by atoms with Crippen LogP contribution in [0.5, 0.6) is 0 Å². The van der Waals surface area contributed by atoms with E-state index in [1.807, 2.05) is 6.07 Å². The van der Waals surface area contributed by atoms with Gasteiger partial charge in [-0.3, -0.25) is 0 Å². The van der Waals surface area contributed by atoms with Crippen molar-refractivity contribution in [2.75, 3.05) is 0 Å². The van der Waals surface area contributed by atoms with Gasteiger partial charge in [0.1, 0.15) is 0 Å². The lowest BCUT2D eigenvalue weighted by Crippen LogP contribution is -1.95. The van der Waals surface area contributed by atoms with Crippen molar-refractivity contribution in [3.63, 3.8) is 0 Å². The molecule has 10 aromatic rings. The molecule has 0 saturated carbocycles. The van der Waals surface area contributed by atoms with E-state index in [2.05, 4.69) is 199 Å². The number of rotatable bonds is 5. The van der Waals surface area contributed by atoms with Crippen molar-refractivity contribution < 1.29 is 0 Å². The summed E-state index contributed by atoms with van der Waals surface area (Å²) < 4.78 is 2.36. The van der Waals surface area contributed by atoms with Gasteiger partial charge in [-0.15, -0.1) is 0 Å². The maximum absolute atomic E-state index is 10.2. The van der Waals surface area contributed by atoms with E-state index < -0.39 is 0 Å². The number of hydrogen-bond donors (Lipinski definition) is 0. The maximum Gasteiger partial charge on any atom is 0.0991 e. The highest BCUT2D eigenvalue weighted by Gasteiger charge is 2.21. The molecule has 0 aliphatic carbocycles. The van der Waals surface area contributed by atoms with Crippen LogP contribution in [0.2, 0.25) is 0 Å². The smallest absolute Gasteiger partial charge is 0.0991 e. The number of nitrogens with zero attached hydrogens (tertiary/aromatic N) is 2. The average molecular weight is 673 g/mol. The lowest BCUT2D eigenvalue weighted by molar-refractivity contribution is 1.18. The Hall–Kier alpha value is -7.21. The van der Waals surface area contributed by atoms with Crippen molar-refractivity contribution in [3.8, 4) is 56.3 Å². The van der Waals surface area contributed by atoms with Gasteiger partial charge in [-0.1, -0.05) is 158 Å². The molecule has 0 radical (unpaired) electrons. The minimum Gasteiger partial charge on any atom is -0.309 e. The monoisotopic (exact) mass is 672 g/mol. The van der Waals surface area contributed by atoms with Crippen LogP contribution in [0.3, 0.4) is 0 Å². The van der Waals surface area contributed by atoms with Gasteiger partial charge in [0, 0.05) is 16.5 Å². The molecule has 0 amide bonds. The van der Waals surface area contributed by atoms with Gasteiger partial charge in [0.15, 0.2) is 0 Å². The largest absolute Gasteiger partial charge is 0.309 e. The number of nitriles is 1. The Morgan fingerprint density at radius 1 is 0.340 bits per heavy atom. The molecule has 9 aromatic carbocycles. The summed E-state index contributed by atoms with van der Waals surface area (Å²) in [6.07, 6.45) is 0. The summed E-state index contributed by atoms with van der Waals surface area (Å²) in [5, 5.41) is 17.4. The van der Waals surface area contributed by atoms with Gasteiger partial charge >= 0.3 is 0 Å². The van der Waals surface area contributed by atoms with Crippen LogP contribution in [-0.2, 0) is 0 Å². The van der Waals surface area contributed by atoms with Gasteiger partial charge in [0.25, 0.3) is 0 Å². The first-order chi connectivity index (χ1) is 26.3. The fourth-order valence-electron chi connectivity index (χ4n) is 8.35. The quantitative estimate of drug-likeness (QED) is 0.167. The summed E-state index contributed by atoms with van der Waals surface area (Å²) in [4.78, 5) is 0. The number of benzene rings is 9. The van der Waals surface area contributed by atoms with Crippen molar-refractivity contribution in [2.45, 2.75) is 0 Å². The van der Waals surface area contributed by atoms with Crippen molar-refractivity contribution in [1.82, 2.24) is 4.57 Å².